The van der Waals surface area contributed by atoms with Crippen LogP contribution in [0.1, 0.15) is 22.8 Å². The molecule has 0 aliphatic rings. The van der Waals surface area contributed by atoms with E-state index in [0.717, 1.165) is 4.47 Å². The van der Waals surface area contributed by atoms with Gasteiger partial charge in [-0.25, -0.2) is 10.2 Å². The van der Waals surface area contributed by atoms with Crippen LogP contribution in [0.3, 0.4) is 0 Å². The number of benzene rings is 3. The zero-order valence-corrected chi connectivity index (χ0v) is 19.8. The summed E-state index contributed by atoms with van der Waals surface area (Å²) < 4.78 is 11.8. The Morgan fingerprint density at radius 1 is 1.06 bits per heavy atom. The van der Waals surface area contributed by atoms with Gasteiger partial charge in [0.2, 0.25) is 0 Å². The van der Waals surface area contributed by atoms with Crippen molar-refractivity contribution in [1.29, 1.82) is 0 Å². The number of hydrogen-bond acceptors (Lipinski definition) is 5. The van der Waals surface area contributed by atoms with Crippen molar-refractivity contribution in [3.63, 3.8) is 0 Å². The first kappa shape index (κ1) is 23.8. The summed E-state index contributed by atoms with van der Waals surface area (Å²) in [5, 5.41) is 4.81. The fourth-order valence-corrected chi connectivity index (χ4v) is 3.24. The van der Waals surface area contributed by atoms with Gasteiger partial charge in [-0.3, -0.25) is 4.79 Å². The highest BCUT2D eigenvalue weighted by atomic mass is 79.9. The van der Waals surface area contributed by atoms with Gasteiger partial charge in [0.05, 0.1) is 16.8 Å². The lowest BCUT2D eigenvalue weighted by atomic mass is 10.2. The molecule has 3 rings (SSSR count). The van der Waals surface area contributed by atoms with E-state index in [-0.39, 0.29) is 16.3 Å². The zero-order chi connectivity index (χ0) is 23.1. The fraction of sp³-hybridized carbons (Fsp3) is 0.0870. The van der Waals surface area contributed by atoms with Gasteiger partial charge < -0.3 is 9.47 Å². The van der Waals surface area contributed by atoms with Gasteiger partial charge in [0, 0.05) is 15.1 Å². The SMILES string of the molecule is C[C@H](Oc1ccc(Cl)cc1)C(=O)N/N=C\c1cc(Br)ccc1OC(=O)c1ccccc1Cl. The summed E-state index contributed by atoms with van der Waals surface area (Å²) in [6.45, 7) is 1.59. The molecule has 0 unspecified atom stereocenters. The van der Waals surface area contributed by atoms with Crippen LogP contribution < -0.4 is 14.9 Å². The lowest BCUT2D eigenvalue weighted by Gasteiger charge is -2.13. The molecule has 3 aromatic rings. The zero-order valence-electron chi connectivity index (χ0n) is 16.7. The summed E-state index contributed by atoms with van der Waals surface area (Å²) in [5.74, 6) is -0.314. The van der Waals surface area contributed by atoms with Gasteiger partial charge in [0.1, 0.15) is 11.5 Å². The average Bonchev–Trinajstić information content (AvgIpc) is 2.77. The van der Waals surface area contributed by atoms with Crippen LogP contribution >= 0.6 is 39.1 Å². The maximum atomic E-state index is 12.5. The largest absolute Gasteiger partial charge is 0.481 e. The minimum absolute atomic E-state index is 0.237. The second kappa shape index (κ2) is 11.1. The maximum absolute atomic E-state index is 12.5. The first-order chi connectivity index (χ1) is 15.3. The second-order valence-corrected chi connectivity index (χ2v) is 8.26. The van der Waals surface area contributed by atoms with Gasteiger partial charge >= 0.3 is 5.97 Å². The topological polar surface area (TPSA) is 77.0 Å². The average molecular weight is 536 g/mol. The minimum Gasteiger partial charge on any atom is -0.481 e. The van der Waals surface area contributed by atoms with Crippen LogP contribution in [0.25, 0.3) is 0 Å². The van der Waals surface area contributed by atoms with Gasteiger partial charge in [-0.05, 0) is 61.5 Å². The van der Waals surface area contributed by atoms with Gasteiger partial charge in [0.15, 0.2) is 6.10 Å². The molecule has 6 nitrogen and oxygen atoms in total. The Morgan fingerprint density at radius 3 is 2.50 bits per heavy atom. The van der Waals surface area contributed by atoms with Crippen LogP contribution in [0.4, 0.5) is 0 Å². The number of nitrogens with one attached hydrogen (secondary N) is 1. The molecule has 9 heteroatoms. The molecule has 0 aliphatic carbocycles. The first-order valence-corrected chi connectivity index (χ1v) is 10.9. The third-order valence-electron chi connectivity index (χ3n) is 4.14. The van der Waals surface area contributed by atoms with Crippen molar-refractivity contribution in [3.05, 3.63) is 92.4 Å². The molecule has 1 N–H and O–H groups in total. The first-order valence-electron chi connectivity index (χ1n) is 9.35. The Kier molecular flexibility index (Phi) is 8.27. The van der Waals surface area contributed by atoms with E-state index in [0.29, 0.717) is 16.3 Å². The molecule has 1 atom stereocenters. The minimum atomic E-state index is -0.798. The van der Waals surface area contributed by atoms with Crippen LogP contribution in [0.2, 0.25) is 10.0 Å². The lowest BCUT2D eigenvalue weighted by molar-refractivity contribution is -0.127. The number of hydrogen-bond donors (Lipinski definition) is 1. The Labute approximate surface area is 203 Å². The Hall–Kier alpha value is -2.87. The highest BCUT2D eigenvalue weighted by molar-refractivity contribution is 9.10. The highest BCUT2D eigenvalue weighted by Crippen LogP contribution is 2.24. The summed E-state index contributed by atoms with van der Waals surface area (Å²) in [4.78, 5) is 24.8. The summed E-state index contributed by atoms with van der Waals surface area (Å²) in [5.41, 5.74) is 3.11. The van der Waals surface area contributed by atoms with Crippen LogP contribution in [0.5, 0.6) is 11.5 Å². The summed E-state index contributed by atoms with van der Waals surface area (Å²) >= 11 is 15.3. The quantitative estimate of drug-likeness (QED) is 0.177. The lowest BCUT2D eigenvalue weighted by Crippen LogP contribution is -2.33. The van der Waals surface area contributed by atoms with Crippen molar-refractivity contribution in [2.45, 2.75) is 13.0 Å². The van der Waals surface area contributed by atoms with Crippen molar-refractivity contribution in [1.82, 2.24) is 5.43 Å². The van der Waals surface area contributed by atoms with Crippen LogP contribution in [-0.2, 0) is 4.79 Å². The van der Waals surface area contributed by atoms with Crippen LogP contribution in [0.15, 0.2) is 76.3 Å². The molecule has 0 aliphatic heterocycles. The Balaban J connectivity index is 1.66. The number of hydrazone groups is 1. The molecule has 0 radical (unpaired) electrons. The van der Waals surface area contributed by atoms with Crippen molar-refractivity contribution >= 4 is 57.2 Å². The summed E-state index contributed by atoms with van der Waals surface area (Å²) in [7, 11) is 0. The highest BCUT2D eigenvalue weighted by Gasteiger charge is 2.16. The van der Waals surface area contributed by atoms with E-state index in [1.165, 1.54) is 6.21 Å². The number of amides is 1. The molecule has 0 bridgehead atoms. The molecule has 1 amide bonds. The van der Waals surface area contributed by atoms with E-state index >= 15 is 0 Å². The van der Waals surface area contributed by atoms with Crippen LogP contribution in [0, 0.1) is 0 Å². The van der Waals surface area contributed by atoms with Gasteiger partial charge in [-0.15, -0.1) is 0 Å². The number of carbonyl (C=O) groups is 2. The monoisotopic (exact) mass is 534 g/mol. The second-order valence-electron chi connectivity index (χ2n) is 6.50. The van der Waals surface area contributed by atoms with Crippen molar-refractivity contribution in [2.24, 2.45) is 5.10 Å². The van der Waals surface area contributed by atoms with E-state index in [2.05, 4.69) is 26.5 Å². The molecule has 0 fully saturated rings. The fourth-order valence-electron chi connectivity index (χ4n) is 2.52. The Morgan fingerprint density at radius 2 is 1.78 bits per heavy atom. The number of nitrogens with zero attached hydrogens (tertiary/aromatic N) is 1. The van der Waals surface area contributed by atoms with Gasteiger partial charge in [0.25, 0.3) is 5.91 Å². The van der Waals surface area contributed by atoms with Crippen molar-refractivity contribution in [2.75, 3.05) is 0 Å². The van der Waals surface area contributed by atoms with E-state index in [9.17, 15) is 9.59 Å². The summed E-state index contributed by atoms with van der Waals surface area (Å²) in [6, 6.07) is 18.3. The smallest absolute Gasteiger partial charge is 0.345 e. The van der Waals surface area contributed by atoms with Crippen molar-refractivity contribution in [3.8, 4) is 11.5 Å². The molecule has 0 spiro atoms. The Bertz CT molecular complexity index is 1150. The summed E-state index contributed by atoms with van der Waals surface area (Å²) in [6.07, 6.45) is 0.570. The normalized spacial score (nSPS) is 11.8. The molecule has 0 heterocycles. The number of halogens is 3. The maximum Gasteiger partial charge on any atom is 0.345 e. The molecule has 32 heavy (non-hydrogen) atoms. The molecule has 0 aromatic heterocycles. The molecule has 0 saturated heterocycles. The predicted molar refractivity (Wildman–Crippen MR) is 128 cm³/mol. The molecule has 3 aromatic carbocycles. The van der Waals surface area contributed by atoms with E-state index in [4.69, 9.17) is 32.7 Å². The van der Waals surface area contributed by atoms with Crippen LogP contribution in [-0.4, -0.2) is 24.2 Å². The van der Waals surface area contributed by atoms with Gasteiger partial charge in [-0.1, -0.05) is 51.3 Å². The third-order valence-corrected chi connectivity index (χ3v) is 5.22. The standard InChI is InChI=1S/C23H17BrCl2N2O4/c1-14(31-18-9-7-17(25)8-10-18)22(29)28-27-13-15-12-16(24)6-11-21(15)32-23(30)19-4-2-3-5-20(19)26/h2-14H,1H3,(H,28,29)/b27-13-/t14-/m0/s1. The number of esters is 1. The molecular weight excluding hydrogens is 519 g/mol. The molecule has 0 saturated carbocycles. The van der Waals surface area contributed by atoms with Gasteiger partial charge in [-0.2, -0.15) is 5.10 Å². The third kappa shape index (κ3) is 6.56. The number of carbonyl (C=O) groups excluding carboxylic acids is 2. The van der Waals surface area contributed by atoms with E-state index in [1.54, 1.807) is 73.7 Å². The van der Waals surface area contributed by atoms with E-state index < -0.39 is 18.0 Å². The van der Waals surface area contributed by atoms with E-state index in [1.807, 2.05) is 0 Å². The number of rotatable bonds is 7. The predicted octanol–water partition coefficient (Wildman–Crippen LogP) is 5.89. The number of ether oxygens (including phenoxy) is 2. The van der Waals surface area contributed by atoms with Crippen molar-refractivity contribution < 1.29 is 19.1 Å². The molecule has 164 valence electrons. The molecular formula is C23H17BrCl2N2O4.